The summed E-state index contributed by atoms with van der Waals surface area (Å²) in [6.45, 7) is 2.23. The Morgan fingerprint density at radius 2 is 1.69 bits per heavy atom. The quantitative estimate of drug-likeness (QED) is 0.709. The van der Waals surface area contributed by atoms with Crippen molar-refractivity contribution in [1.82, 2.24) is 4.90 Å². The molecule has 0 aromatic heterocycles. The number of halogens is 2. The Balaban J connectivity index is 1.62. The predicted molar refractivity (Wildman–Crippen MR) is 102 cm³/mol. The average Bonchev–Trinajstić information content (AvgIpc) is 2.98. The van der Waals surface area contributed by atoms with E-state index in [1.54, 1.807) is 36.1 Å². The van der Waals surface area contributed by atoms with Crippen molar-refractivity contribution in [3.8, 4) is 22.6 Å². The van der Waals surface area contributed by atoms with Crippen LogP contribution in [-0.2, 0) is 0 Å². The fraction of sp³-hybridized carbons (Fsp3) is 0.227. The normalized spacial score (nSPS) is 18.6. The van der Waals surface area contributed by atoms with Gasteiger partial charge < -0.3 is 19.5 Å². The number of alkyl halides is 2. The molecular formula is C22H17F2NO4. The topological polar surface area (TPSA) is 59.0 Å². The van der Waals surface area contributed by atoms with Gasteiger partial charge in [-0.25, -0.2) is 0 Å². The summed E-state index contributed by atoms with van der Waals surface area (Å²) in [5, 5.41) is 11.4. The van der Waals surface area contributed by atoms with Gasteiger partial charge in [0.1, 0.15) is 0 Å². The third-order valence-corrected chi connectivity index (χ3v) is 5.22. The lowest BCUT2D eigenvalue weighted by Crippen LogP contribution is -2.61. The summed E-state index contributed by atoms with van der Waals surface area (Å²) in [5.74, 6) is -0.233. The van der Waals surface area contributed by atoms with Crippen LogP contribution in [0.5, 0.6) is 11.5 Å². The van der Waals surface area contributed by atoms with Crippen molar-refractivity contribution in [3.05, 3.63) is 60.2 Å². The maximum atomic E-state index is 13.6. The zero-order valence-electron chi connectivity index (χ0n) is 15.5. The minimum atomic E-state index is -3.71. The van der Waals surface area contributed by atoms with Crippen LogP contribution in [-0.4, -0.2) is 40.9 Å². The van der Waals surface area contributed by atoms with Crippen LogP contribution >= 0.6 is 0 Å². The largest absolute Gasteiger partial charge is 0.586 e. The minimum Gasteiger partial charge on any atom is -0.395 e. The zero-order valence-corrected chi connectivity index (χ0v) is 15.5. The molecule has 1 N–H and O–H groups in total. The molecule has 2 aliphatic rings. The number of β-amino-alcohol motifs (C(OH)–C–C–N with tert-alkyl or cyclic N) is 1. The van der Waals surface area contributed by atoms with Crippen molar-refractivity contribution in [3.63, 3.8) is 0 Å². The summed E-state index contributed by atoms with van der Waals surface area (Å²) in [4.78, 5) is 14.5. The van der Waals surface area contributed by atoms with Crippen LogP contribution in [0.1, 0.15) is 17.3 Å². The Kier molecular flexibility index (Phi) is 3.64. The van der Waals surface area contributed by atoms with E-state index >= 15 is 0 Å². The van der Waals surface area contributed by atoms with Crippen molar-refractivity contribution >= 4 is 16.7 Å². The highest BCUT2D eigenvalue weighted by molar-refractivity contribution is 6.11. The van der Waals surface area contributed by atoms with Gasteiger partial charge in [-0.05, 0) is 35.4 Å². The second kappa shape index (κ2) is 5.90. The molecule has 5 nitrogen and oxygen atoms in total. The van der Waals surface area contributed by atoms with Crippen LogP contribution in [0.3, 0.4) is 0 Å². The first-order valence-electron chi connectivity index (χ1n) is 9.17. The molecule has 0 atom stereocenters. The molecule has 2 aliphatic heterocycles. The highest BCUT2D eigenvalue weighted by Gasteiger charge is 2.45. The molecule has 3 aromatic carbocycles. The zero-order chi connectivity index (χ0) is 20.4. The fourth-order valence-corrected chi connectivity index (χ4v) is 3.99. The number of hydrogen-bond donors (Lipinski definition) is 1. The molecular weight excluding hydrogens is 380 g/mol. The summed E-state index contributed by atoms with van der Waals surface area (Å²) in [5.41, 5.74) is 0.751. The average molecular weight is 397 g/mol. The van der Waals surface area contributed by atoms with Gasteiger partial charge in [-0.2, -0.15) is 0 Å². The lowest BCUT2D eigenvalue weighted by Gasteiger charge is -2.44. The highest BCUT2D eigenvalue weighted by Crippen LogP contribution is 2.48. The van der Waals surface area contributed by atoms with Gasteiger partial charge in [0.2, 0.25) is 0 Å². The van der Waals surface area contributed by atoms with Crippen molar-refractivity contribution in [1.29, 1.82) is 0 Å². The summed E-state index contributed by atoms with van der Waals surface area (Å²) in [6.07, 6.45) is -3.71. The molecule has 5 rings (SSSR count). The standard InChI is InChI=1S/C22H17F2NO4/c1-21(27)11-25(12-21)20(26)17-10-9-15(13-5-2-3-6-14(13)17)16-7-4-8-18-19(16)29-22(23,24)28-18/h2-10,27H,11-12H2,1H3. The Hall–Kier alpha value is -3.19. The number of rotatable bonds is 2. The van der Waals surface area contributed by atoms with E-state index in [0.717, 1.165) is 5.39 Å². The maximum Gasteiger partial charge on any atom is 0.586 e. The molecule has 0 radical (unpaired) electrons. The summed E-state index contributed by atoms with van der Waals surface area (Å²) in [7, 11) is 0. The molecule has 1 amide bonds. The first kappa shape index (κ1) is 17.9. The number of carbonyl (C=O) groups excluding carboxylic acids is 1. The van der Waals surface area contributed by atoms with Gasteiger partial charge in [0.05, 0.1) is 18.7 Å². The Labute approximate surface area is 165 Å². The third kappa shape index (κ3) is 2.89. The number of likely N-dealkylation sites (tertiary alicyclic amines) is 1. The molecule has 1 fully saturated rings. The van der Waals surface area contributed by atoms with Crippen molar-refractivity contribution in [2.24, 2.45) is 0 Å². The van der Waals surface area contributed by atoms with Crippen molar-refractivity contribution in [2.75, 3.05) is 13.1 Å². The van der Waals surface area contributed by atoms with E-state index in [4.69, 9.17) is 4.74 Å². The number of para-hydroxylation sites is 1. The fourth-order valence-electron chi connectivity index (χ4n) is 3.99. The molecule has 2 heterocycles. The van der Waals surface area contributed by atoms with E-state index in [2.05, 4.69) is 4.74 Å². The second-order valence-corrected chi connectivity index (χ2v) is 7.66. The molecule has 29 heavy (non-hydrogen) atoms. The molecule has 0 bridgehead atoms. The monoisotopic (exact) mass is 397 g/mol. The van der Waals surface area contributed by atoms with E-state index in [0.29, 0.717) is 22.1 Å². The van der Waals surface area contributed by atoms with Crippen LogP contribution in [0.25, 0.3) is 21.9 Å². The van der Waals surface area contributed by atoms with E-state index in [1.165, 1.54) is 6.07 Å². The van der Waals surface area contributed by atoms with Gasteiger partial charge in [0.25, 0.3) is 5.91 Å². The number of ether oxygens (including phenoxy) is 2. The lowest BCUT2D eigenvalue weighted by atomic mass is 9.91. The first-order valence-corrected chi connectivity index (χ1v) is 9.17. The first-order chi connectivity index (χ1) is 13.7. The van der Waals surface area contributed by atoms with E-state index in [1.807, 2.05) is 24.3 Å². The number of fused-ring (bicyclic) bond motifs is 2. The minimum absolute atomic E-state index is 0.0273. The Morgan fingerprint density at radius 3 is 2.41 bits per heavy atom. The maximum absolute atomic E-state index is 13.6. The van der Waals surface area contributed by atoms with E-state index in [-0.39, 0.29) is 30.5 Å². The molecule has 0 spiro atoms. The summed E-state index contributed by atoms with van der Waals surface area (Å²) in [6, 6.07) is 15.4. The van der Waals surface area contributed by atoms with Crippen LogP contribution in [0.4, 0.5) is 8.78 Å². The van der Waals surface area contributed by atoms with Gasteiger partial charge in [-0.3, -0.25) is 4.79 Å². The van der Waals surface area contributed by atoms with Gasteiger partial charge in [0, 0.05) is 11.1 Å². The highest BCUT2D eigenvalue weighted by atomic mass is 19.3. The Bertz CT molecular complexity index is 1150. The van der Waals surface area contributed by atoms with Gasteiger partial charge >= 0.3 is 6.29 Å². The van der Waals surface area contributed by atoms with Gasteiger partial charge in [-0.15, -0.1) is 8.78 Å². The van der Waals surface area contributed by atoms with Crippen LogP contribution < -0.4 is 9.47 Å². The lowest BCUT2D eigenvalue weighted by molar-refractivity contribution is -0.286. The number of hydrogen-bond acceptors (Lipinski definition) is 4. The molecule has 3 aromatic rings. The summed E-state index contributed by atoms with van der Waals surface area (Å²) < 4.78 is 36.5. The van der Waals surface area contributed by atoms with Crippen molar-refractivity contribution in [2.45, 2.75) is 18.8 Å². The number of benzene rings is 3. The third-order valence-electron chi connectivity index (χ3n) is 5.22. The van der Waals surface area contributed by atoms with Gasteiger partial charge in [-0.1, -0.05) is 42.5 Å². The number of carbonyl (C=O) groups is 1. The molecule has 0 saturated carbocycles. The van der Waals surface area contributed by atoms with Crippen LogP contribution in [0.15, 0.2) is 54.6 Å². The molecule has 1 saturated heterocycles. The molecule has 148 valence electrons. The van der Waals surface area contributed by atoms with E-state index in [9.17, 15) is 18.7 Å². The number of nitrogens with zero attached hydrogens (tertiary/aromatic N) is 1. The molecule has 7 heteroatoms. The van der Waals surface area contributed by atoms with Crippen molar-refractivity contribution < 1.29 is 28.2 Å². The van der Waals surface area contributed by atoms with Gasteiger partial charge in [0.15, 0.2) is 11.5 Å². The summed E-state index contributed by atoms with van der Waals surface area (Å²) >= 11 is 0. The number of amides is 1. The smallest absolute Gasteiger partial charge is 0.395 e. The van der Waals surface area contributed by atoms with Crippen LogP contribution in [0.2, 0.25) is 0 Å². The second-order valence-electron chi connectivity index (χ2n) is 7.66. The predicted octanol–water partition coefficient (Wildman–Crippen LogP) is 4.04. The van der Waals surface area contributed by atoms with E-state index < -0.39 is 11.9 Å². The molecule has 0 unspecified atom stereocenters. The SMILES string of the molecule is CC1(O)CN(C(=O)c2ccc(-c3cccc4c3OC(F)(F)O4)c3ccccc23)C1. The molecule has 0 aliphatic carbocycles. The Morgan fingerprint density at radius 1 is 0.966 bits per heavy atom. The van der Waals surface area contributed by atoms with Crippen LogP contribution in [0, 0.1) is 0 Å². The number of aliphatic hydroxyl groups is 1.